The fourth-order valence-electron chi connectivity index (χ4n) is 3.96. The molecule has 1 saturated heterocycles. The highest BCUT2D eigenvalue weighted by Gasteiger charge is 2.63. The van der Waals surface area contributed by atoms with Crippen LogP contribution in [0.1, 0.15) is 33.3 Å². The number of pyridine rings is 1. The van der Waals surface area contributed by atoms with Crippen LogP contribution in [-0.4, -0.2) is 35.1 Å². The van der Waals surface area contributed by atoms with Crippen molar-refractivity contribution in [2.45, 2.75) is 52.2 Å². The minimum absolute atomic E-state index is 0.150. The van der Waals surface area contributed by atoms with E-state index in [1.165, 1.54) is 0 Å². The third-order valence-corrected chi connectivity index (χ3v) is 5.11. The number of nitrogens with one attached hydrogen (secondary N) is 2. The highest BCUT2D eigenvalue weighted by molar-refractivity contribution is 5.83. The Kier molecular flexibility index (Phi) is 4.08. The van der Waals surface area contributed by atoms with Crippen LogP contribution < -0.4 is 15.4 Å². The second-order valence-electron chi connectivity index (χ2n) is 7.71. The van der Waals surface area contributed by atoms with E-state index in [0.29, 0.717) is 36.4 Å². The SMILES string of the molecule is Cc1cccnc1OCC(C)(C)NC(=O)C1[C@@H]2[C@H]1[C@H](C)N[C@H]2C. The summed E-state index contributed by atoms with van der Waals surface area (Å²) in [4.78, 5) is 16.8. The number of hydrogen-bond donors (Lipinski definition) is 2. The van der Waals surface area contributed by atoms with E-state index in [1.807, 2.05) is 32.9 Å². The third-order valence-electron chi connectivity index (χ3n) is 5.11. The van der Waals surface area contributed by atoms with E-state index in [-0.39, 0.29) is 11.8 Å². The zero-order chi connectivity index (χ0) is 16.8. The van der Waals surface area contributed by atoms with E-state index in [1.54, 1.807) is 6.20 Å². The zero-order valence-corrected chi connectivity index (χ0v) is 14.6. The molecular weight excluding hydrogens is 290 g/mol. The van der Waals surface area contributed by atoms with Crippen molar-refractivity contribution in [3.63, 3.8) is 0 Å². The topological polar surface area (TPSA) is 63.2 Å². The van der Waals surface area contributed by atoms with Crippen LogP contribution in [0, 0.1) is 24.7 Å². The number of aryl methyl sites for hydroxylation is 1. The van der Waals surface area contributed by atoms with Crippen LogP contribution in [0.2, 0.25) is 0 Å². The molecule has 1 aromatic heterocycles. The largest absolute Gasteiger partial charge is 0.475 e. The van der Waals surface area contributed by atoms with Gasteiger partial charge in [-0.3, -0.25) is 4.79 Å². The fraction of sp³-hybridized carbons (Fsp3) is 0.667. The summed E-state index contributed by atoms with van der Waals surface area (Å²) in [6.07, 6.45) is 1.72. The summed E-state index contributed by atoms with van der Waals surface area (Å²) in [6, 6.07) is 4.72. The average molecular weight is 317 g/mol. The number of carbonyl (C=O) groups excluding carboxylic acids is 1. The standard InChI is InChI=1S/C18H27N3O2/c1-10-7-6-8-19-17(10)23-9-18(4,5)21-16(22)15-13-11(2)20-12(3)14(13)15/h6-8,11-15,20H,9H2,1-5H3,(H,21,22)/t11-,12-,13-,14+,15?/m0/s1. The first-order chi connectivity index (χ1) is 10.8. The highest BCUT2D eigenvalue weighted by Crippen LogP contribution is 2.54. The number of ether oxygens (including phenoxy) is 1. The lowest BCUT2D eigenvalue weighted by Crippen LogP contribution is -2.50. The van der Waals surface area contributed by atoms with Gasteiger partial charge in [-0.2, -0.15) is 0 Å². The Morgan fingerprint density at radius 2 is 2.00 bits per heavy atom. The van der Waals surface area contributed by atoms with Gasteiger partial charge in [0.15, 0.2) is 0 Å². The molecule has 23 heavy (non-hydrogen) atoms. The fourth-order valence-corrected chi connectivity index (χ4v) is 3.96. The predicted octanol–water partition coefficient (Wildman–Crippen LogP) is 1.91. The monoisotopic (exact) mass is 317 g/mol. The Morgan fingerprint density at radius 3 is 2.61 bits per heavy atom. The summed E-state index contributed by atoms with van der Waals surface area (Å²) in [5.41, 5.74) is 0.581. The van der Waals surface area contributed by atoms with Crippen LogP contribution in [0.25, 0.3) is 0 Å². The molecule has 2 fully saturated rings. The maximum Gasteiger partial charge on any atom is 0.224 e. The molecule has 0 aromatic carbocycles. The van der Waals surface area contributed by atoms with Crippen molar-refractivity contribution in [1.82, 2.24) is 15.6 Å². The lowest BCUT2D eigenvalue weighted by molar-refractivity contribution is -0.125. The molecule has 1 aromatic rings. The number of rotatable bonds is 5. The van der Waals surface area contributed by atoms with Crippen LogP contribution >= 0.6 is 0 Å². The van der Waals surface area contributed by atoms with Crippen LogP contribution in [0.3, 0.4) is 0 Å². The number of nitrogens with zero attached hydrogens (tertiary/aromatic N) is 1. The van der Waals surface area contributed by atoms with Crippen LogP contribution in [-0.2, 0) is 4.79 Å². The van der Waals surface area contributed by atoms with E-state index < -0.39 is 5.54 Å². The maximum absolute atomic E-state index is 12.6. The van der Waals surface area contributed by atoms with Crippen molar-refractivity contribution in [2.24, 2.45) is 17.8 Å². The number of fused-ring (bicyclic) bond motifs is 1. The summed E-state index contributed by atoms with van der Waals surface area (Å²) in [5, 5.41) is 6.66. The number of carbonyl (C=O) groups is 1. The molecular formula is C18H27N3O2. The Hall–Kier alpha value is -1.62. The number of hydrogen-bond acceptors (Lipinski definition) is 4. The van der Waals surface area contributed by atoms with E-state index >= 15 is 0 Å². The van der Waals surface area contributed by atoms with Gasteiger partial charge in [0.1, 0.15) is 6.61 Å². The van der Waals surface area contributed by atoms with Gasteiger partial charge in [0.25, 0.3) is 0 Å². The Morgan fingerprint density at radius 1 is 1.35 bits per heavy atom. The van der Waals surface area contributed by atoms with Gasteiger partial charge in [-0.15, -0.1) is 0 Å². The lowest BCUT2D eigenvalue weighted by Gasteiger charge is -2.27. The van der Waals surface area contributed by atoms with Gasteiger partial charge in [-0.25, -0.2) is 4.98 Å². The molecule has 1 aliphatic carbocycles. The second kappa shape index (κ2) is 5.78. The van der Waals surface area contributed by atoms with Gasteiger partial charge in [0, 0.05) is 29.8 Å². The predicted molar refractivity (Wildman–Crippen MR) is 89.2 cm³/mol. The van der Waals surface area contributed by atoms with Gasteiger partial charge < -0.3 is 15.4 Å². The van der Waals surface area contributed by atoms with Crippen molar-refractivity contribution in [3.8, 4) is 5.88 Å². The van der Waals surface area contributed by atoms with Crippen molar-refractivity contribution < 1.29 is 9.53 Å². The van der Waals surface area contributed by atoms with Gasteiger partial charge >= 0.3 is 0 Å². The molecule has 0 spiro atoms. The molecule has 5 nitrogen and oxygen atoms in total. The Labute approximate surface area is 138 Å². The van der Waals surface area contributed by atoms with Crippen LogP contribution in [0.4, 0.5) is 0 Å². The normalized spacial score (nSPS) is 32.3. The van der Waals surface area contributed by atoms with Crippen LogP contribution in [0.5, 0.6) is 5.88 Å². The molecule has 1 aliphatic heterocycles. The highest BCUT2D eigenvalue weighted by atomic mass is 16.5. The maximum atomic E-state index is 12.6. The summed E-state index contributed by atoms with van der Waals surface area (Å²) >= 11 is 0. The van der Waals surface area contributed by atoms with Gasteiger partial charge in [0.2, 0.25) is 11.8 Å². The summed E-state index contributed by atoms with van der Waals surface area (Å²) in [5.74, 6) is 1.91. The van der Waals surface area contributed by atoms with Gasteiger partial charge in [-0.05, 0) is 52.5 Å². The van der Waals surface area contributed by atoms with Crippen molar-refractivity contribution in [2.75, 3.05) is 6.61 Å². The molecule has 2 heterocycles. The minimum Gasteiger partial charge on any atom is -0.475 e. The van der Waals surface area contributed by atoms with E-state index in [0.717, 1.165) is 5.56 Å². The first-order valence-electron chi connectivity index (χ1n) is 8.43. The van der Waals surface area contributed by atoms with Crippen molar-refractivity contribution in [1.29, 1.82) is 0 Å². The molecule has 0 radical (unpaired) electrons. The lowest BCUT2D eigenvalue weighted by atomic mass is 10.1. The summed E-state index contributed by atoms with van der Waals surface area (Å²) < 4.78 is 5.80. The van der Waals surface area contributed by atoms with Crippen molar-refractivity contribution >= 4 is 5.91 Å². The quantitative estimate of drug-likeness (QED) is 0.871. The molecule has 126 valence electrons. The Bertz CT molecular complexity index is 588. The van der Waals surface area contributed by atoms with Gasteiger partial charge in [-0.1, -0.05) is 6.07 Å². The first-order valence-corrected chi connectivity index (χ1v) is 8.43. The minimum atomic E-state index is -0.419. The molecule has 2 N–H and O–H groups in total. The van der Waals surface area contributed by atoms with E-state index in [9.17, 15) is 4.79 Å². The molecule has 5 atom stereocenters. The second-order valence-corrected chi connectivity index (χ2v) is 7.71. The summed E-state index contributed by atoms with van der Waals surface area (Å²) in [6.45, 7) is 10.7. The summed E-state index contributed by atoms with van der Waals surface area (Å²) in [7, 11) is 0. The third kappa shape index (κ3) is 3.20. The van der Waals surface area contributed by atoms with E-state index in [4.69, 9.17) is 4.74 Å². The van der Waals surface area contributed by atoms with Crippen LogP contribution in [0.15, 0.2) is 18.3 Å². The molecule has 1 amide bonds. The molecule has 1 saturated carbocycles. The smallest absolute Gasteiger partial charge is 0.224 e. The molecule has 2 aliphatic rings. The molecule has 0 bridgehead atoms. The molecule has 5 heteroatoms. The number of amides is 1. The Balaban J connectivity index is 1.55. The zero-order valence-electron chi connectivity index (χ0n) is 14.6. The molecule has 1 unspecified atom stereocenters. The number of aromatic nitrogens is 1. The molecule has 3 rings (SSSR count). The first kappa shape index (κ1) is 16.2. The van der Waals surface area contributed by atoms with Crippen molar-refractivity contribution in [3.05, 3.63) is 23.9 Å². The number of piperidine rings is 1. The van der Waals surface area contributed by atoms with E-state index in [2.05, 4.69) is 29.5 Å². The van der Waals surface area contributed by atoms with Gasteiger partial charge in [0.05, 0.1) is 5.54 Å². The average Bonchev–Trinajstić information content (AvgIpc) is 3.15.